The maximum Gasteiger partial charge on any atom is 0.186 e. The van der Waals surface area contributed by atoms with E-state index in [1.165, 1.54) is 0 Å². The summed E-state index contributed by atoms with van der Waals surface area (Å²) in [5.41, 5.74) is 11.2. The van der Waals surface area contributed by atoms with Crippen LogP contribution in [-0.2, 0) is 4.74 Å². The Balaban J connectivity index is 1.64. The Hall–Kier alpha value is -1.70. The van der Waals surface area contributed by atoms with Gasteiger partial charge in [-0.25, -0.2) is 0 Å². The first-order valence-corrected chi connectivity index (χ1v) is 8.41. The van der Waals surface area contributed by atoms with Gasteiger partial charge < -0.3 is 20.7 Å². The van der Waals surface area contributed by atoms with Gasteiger partial charge in [0.15, 0.2) is 5.11 Å². The van der Waals surface area contributed by atoms with E-state index in [0.29, 0.717) is 5.11 Å². The number of nitrogens with two attached hydrogens (primary N) is 1. The van der Waals surface area contributed by atoms with Crippen LogP contribution < -0.4 is 21.4 Å². The number of hydrogen-bond donors (Lipinski definition) is 4. The first-order valence-electron chi connectivity index (χ1n) is 8.00. The lowest BCUT2D eigenvalue weighted by Crippen LogP contribution is -3.14. The number of hydrogen-bond acceptors (Lipinski definition) is 4. The molecule has 1 saturated heterocycles. The van der Waals surface area contributed by atoms with Crippen molar-refractivity contribution >= 4 is 28.7 Å². The molecule has 1 aliphatic rings. The van der Waals surface area contributed by atoms with Crippen LogP contribution in [0, 0.1) is 0 Å². The Morgan fingerprint density at radius 2 is 2.00 bits per heavy atom. The van der Waals surface area contributed by atoms with E-state index in [1.807, 2.05) is 31.2 Å². The molecule has 1 aromatic carbocycles. The third-order valence-corrected chi connectivity index (χ3v) is 4.08. The van der Waals surface area contributed by atoms with E-state index < -0.39 is 0 Å². The van der Waals surface area contributed by atoms with Crippen molar-refractivity contribution in [3.8, 4) is 0 Å². The quantitative estimate of drug-likeness (QED) is 0.190. The fourth-order valence-electron chi connectivity index (χ4n) is 2.41. The topological polar surface area (TPSA) is 76.1 Å². The highest BCUT2D eigenvalue weighted by atomic mass is 32.1. The highest BCUT2D eigenvalue weighted by molar-refractivity contribution is 7.80. The fourth-order valence-corrected chi connectivity index (χ4v) is 2.56. The van der Waals surface area contributed by atoms with Gasteiger partial charge in [0.2, 0.25) is 0 Å². The molecule has 0 amide bonds. The van der Waals surface area contributed by atoms with Gasteiger partial charge in [-0.2, -0.15) is 5.10 Å². The van der Waals surface area contributed by atoms with Crippen LogP contribution in [-0.4, -0.2) is 50.2 Å². The molecular formula is C16H26N5OS+. The van der Waals surface area contributed by atoms with Crippen LogP contribution in [0.2, 0.25) is 0 Å². The molecule has 0 aliphatic carbocycles. The first-order chi connectivity index (χ1) is 11.1. The second-order valence-electron chi connectivity index (χ2n) is 5.65. The molecule has 0 spiro atoms. The minimum Gasteiger partial charge on any atom is -0.399 e. The SMILES string of the molecule is C/C(=N/NC(=S)NCCC[NH+]1CCOCC1)c1ccc(N)cc1. The molecule has 5 N–H and O–H groups in total. The second-order valence-corrected chi connectivity index (χ2v) is 6.06. The molecule has 0 unspecified atom stereocenters. The highest BCUT2D eigenvalue weighted by Gasteiger charge is 2.12. The van der Waals surface area contributed by atoms with Gasteiger partial charge in [-0.15, -0.1) is 0 Å². The van der Waals surface area contributed by atoms with E-state index in [9.17, 15) is 0 Å². The van der Waals surface area contributed by atoms with Crippen LogP contribution in [0.5, 0.6) is 0 Å². The van der Waals surface area contributed by atoms with E-state index in [1.54, 1.807) is 4.90 Å². The minimum atomic E-state index is 0.553. The first kappa shape index (κ1) is 17.7. The number of quaternary nitrogens is 1. The van der Waals surface area contributed by atoms with E-state index in [0.717, 1.165) is 62.8 Å². The lowest BCUT2D eigenvalue weighted by Gasteiger charge is -2.23. The average Bonchev–Trinajstić information content (AvgIpc) is 2.58. The molecule has 0 saturated carbocycles. The van der Waals surface area contributed by atoms with Crippen LogP contribution >= 0.6 is 12.2 Å². The fraction of sp³-hybridized carbons (Fsp3) is 0.500. The predicted molar refractivity (Wildman–Crippen MR) is 97.8 cm³/mol. The number of benzene rings is 1. The Bertz CT molecular complexity index is 526. The number of anilines is 1. The maximum atomic E-state index is 5.68. The summed E-state index contributed by atoms with van der Waals surface area (Å²) in [4.78, 5) is 1.61. The molecule has 1 fully saturated rings. The zero-order valence-corrected chi connectivity index (χ0v) is 14.4. The average molecular weight is 336 g/mol. The maximum absolute atomic E-state index is 5.68. The molecule has 0 aromatic heterocycles. The molecule has 2 rings (SSSR count). The van der Waals surface area contributed by atoms with Gasteiger partial charge in [0.1, 0.15) is 13.1 Å². The van der Waals surface area contributed by atoms with Crippen LogP contribution in [0.15, 0.2) is 29.4 Å². The van der Waals surface area contributed by atoms with Crippen molar-refractivity contribution in [2.24, 2.45) is 5.10 Å². The Labute approximate surface area is 143 Å². The summed E-state index contributed by atoms with van der Waals surface area (Å²) >= 11 is 5.24. The number of morpholine rings is 1. The van der Waals surface area contributed by atoms with Gasteiger partial charge in [0.05, 0.1) is 25.5 Å². The summed E-state index contributed by atoms with van der Waals surface area (Å²) < 4.78 is 5.35. The van der Waals surface area contributed by atoms with Gasteiger partial charge in [-0.05, 0) is 36.8 Å². The van der Waals surface area contributed by atoms with Gasteiger partial charge in [-0.1, -0.05) is 12.1 Å². The summed E-state index contributed by atoms with van der Waals surface area (Å²) in [6, 6.07) is 7.60. The van der Waals surface area contributed by atoms with Gasteiger partial charge in [0, 0.05) is 18.7 Å². The Morgan fingerprint density at radius 3 is 2.70 bits per heavy atom. The van der Waals surface area contributed by atoms with Gasteiger partial charge >= 0.3 is 0 Å². The number of hydrazone groups is 1. The normalized spacial score (nSPS) is 16.1. The van der Waals surface area contributed by atoms with Crippen molar-refractivity contribution in [2.75, 3.05) is 45.1 Å². The van der Waals surface area contributed by atoms with E-state index in [4.69, 9.17) is 22.7 Å². The van der Waals surface area contributed by atoms with Crippen LogP contribution in [0.25, 0.3) is 0 Å². The Morgan fingerprint density at radius 1 is 1.30 bits per heavy atom. The van der Waals surface area contributed by atoms with Crippen molar-refractivity contribution in [3.05, 3.63) is 29.8 Å². The molecule has 1 heterocycles. The van der Waals surface area contributed by atoms with Crippen molar-refractivity contribution < 1.29 is 9.64 Å². The largest absolute Gasteiger partial charge is 0.399 e. The highest BCUT2D eigenvalue weighted by Crippen LogP contribution is 2.06. The van der Waals surface area contributed by atoms with Crippen molar-refractivity contribution in [1.82, 2.24) is 10.7 Å². The summed E-state index contributed by atoms with van der Waals surface area (Å²) in [7, 11) is 0. The second kappa shape index (κ2) is 9.44. The molecule has 7 heteroatoms. The molecule has 1 aromatic rings. The molecule has 126 valence electrons. The molecule has 0 radical (unpaired) electrons. The zero-order chi connectivity index (χ0) is 16.5. The monoisotopic (exact) mass is 336 g/mol. The van der Waals surface area contributed by atoms with E-state index in [-0.39, 0.29) is 0 Å². The minimum absolute atomic E-state index is 0.553. The summed E-state index contributed by atoms with van der Waals surface area (Å²) in [6.07, 6.45) is 1.08. The standard InChI is InChI=1S/C16H25N5OS/c1-13(14-3-5-15(17)6-4-14)19-20-16(23)18-7-2-8-21-9-11-22-12-10-21/h3-6H,2,7-12,17H2,1H3,(H2,18,20,23)/p+1/b19-13-. The molecule has 23 heavy (non-hydrogen) atoms. The third-order valence-electron chi connectivity index (χ3n) is 3.85. The smallest absolute Gasteiger partial charge is 0.186 e. The molecule has 0 bridgehead atoms. The van der Waals surface area contributed by atoms with Crippen LogP contribution in [0.1, 0.15) is 18.9 Å². The molecule has 6 nitrogen and oxygen atoms in total. The Kier molecular flexibility index (Phi) is 7.25. The lowest BCUT2D eigenvalue weighted by molar-refractivity contribution is -0.908. The number of rotatable bonds is 6. The van der Waals surface area contributed by atoms with Gasteiger partial charge in [-0.3, -0.25) is 5.43 Å². The zero-order valence-electron chi connectivity index (χ0n) is 13.6. The van der Waals surface area contributed by atoms with Crippen molar-refractivity contribution in [1.29, 1.82) is 0 Å². The van der Waals surface area contributed by atoms with E-state index in [2.05, 4.69) is 15.8 Å². The predicted octanol–water partition coefficient (Wildman–Crippen LogP) is -0.238. The summed E-state index contributed by atoms with van der Waals surface area (Å²) in [6.45, 7) is 7.90. The molecular weight excluding hydrogens is 310 g/mol. The van der Waals surface area contributed by atoms with Crippen LogP contribution in [0.3, 0.4) is 0 Å². The third kappa shape index (κ3) is 6.52. The summed E-state index contributed by atoms with van der Waals surface area (Å²) in [5, 5.41) is 8.03. The number of nitrogens with zero attached hydrogens (tertiary/aromatic N) is 1. The number of thiocarbonyl (C=S) groups is 1. The van der Waals surface area contributed by atoms with Gasteiger partial charge in [0.25, 0.3) is 0 Å². The molecule has 0 atom stereocenters. The van der Waals surface area contributed by atoms with Crippen molar-refractivity contribution in [3.63, 3.8) is 0 Å². The van der Waals surface area contributed by atoms with Crippen LogP contribution in [0.4, 0.5) is 5.69 Å². The van der Waals surface area contributed by atoms with Crippen molar-refractivity contribution in [2.45, 2.75) is 13.3 Å². The number of ether oxygens (including phenoxy) is 1. The lowest BCUT2D eigenvalue weighted by atomic mass is 10.1. The number of nitrogen functional groups attached to an aromatic ring is 1. The number of nitrogens with one attached hydrogen (secondary N) is 3. The summed E-state index contributed by atoms with van der Waals surface area (Å²) in [5.74, 6) is 0. The van der Waals surface area contributed by atoms with E-state index >= 15 is 0 Å². The molecule has 1 aliphatic heterocycles.